The molecule has 1 N–H and O–H groups in total. The first-order valence-electron chi connectivity index (χ1n) is 6.74. The Balaban J connectivity index is 1.99. The summed E-state index contributed by atoms with van der Waals surface area (Å²) in [4.78, 5) is 19.1. The first-order chi connectivity index (χ1) is 10.7. The van der Waals surface area contributed by atoms with Crippen LogP contribution in [0.2, 0.25) is 0 Å². The number of nitrogens with zero attached hydrogens (tertiary/aromatic N) is 4. The fourth-order valence-corrected chi connectivity index (χ4v) is 2.14. The molecule has 0 amide bonds. The molecule has 0 saturated carbocycles. The molecule has 2 aromatic heterocycles. The summed E-state index contributed by atoms with van der Waals surface area (Å²) in [5.74, 6) is 0.821. The molecule has 22 heavy (non-hydrogen) atoms. The van der Waals surface area contributed by atoms with Gasteiger partial charge < -0.3 is 9.84 Å². The van der Waals surface area contributed by atoms with Crippen molar-refractivity contribution < 1.29 is 14.6 Å². The molecule has 1 aromatic carbocycles. The molecule has 112 valence electrons. The molecule has 0 aliphatic rings. The average molecular weight is 298 g/mol. The number of hydrogen-bond acceptors (Lipinski definition) is 5. The summed E-state index contributed by atoms with van der Waals surface area (Å²) >= 11 is 0. The van der Waals surface area contributed by atoms with Crippen LogP contribution in [0.15, 0.2) is 36.5 Å². The van der Waals surface area contributed by atoms with Crippen molar-refractivity contribution in [3.8, 4) is 17.0 Å². The van der Waals surface area contributed by atoms with Gasteiger partial charge in [-0.25, -0.2) is 4.98 Å². The Kier molecular flexibility index (Phi) is 3.69. The highest BCUT2D eigenvalue weighted by atomic mass is 16.5. The van der Waals surface area contributed by atoms with E-state index in [-0.39, 0.29) is 12.8 Å². The van der Waals surface area contributed by atoms with E-state index in [1.807, 2.05) is 30.3 Å². The van der Waals surface area contributed by atoms with Gasteiger partial charge in [0, 0.05) is 18.2 Å². The molecule has 0 spiro atoms. The molecule has 0 fully saturated rings. The summed E-state index contributed by atoms with van der Waals surface area (Å²) in [6.07, 6.45) is 1.93. The zero-order valence-corrected chi connectivity index (χ0v) is 11.9. The molecule has 7 heteroatoms. The number of rotatable bonds is 5. The second-order valence-electron chi connectivity index (χ2n) is 4.69. The van der Waals surface area contributed by atoms with E-state index in [1.165, 1.54) is 0 Å². The van der Waals surface area contributed by atoms with Crippen molar-refractivity contribution in [2.75, 3.05) is 7.11 Å². The molecule has 0 aliphatic carbocycles. The van der Waals surface area contributed by atoms with Crippen LogP contribution >= 0.6 is 0 Å². The van der Waals surface area contributed by atoms with Crippen LogP contribution in [0.3, 0.4) is 0 Å². The number of benzene rings is 1. The Morgan fingerprint density at radius 3 is 2.73 bits per heavy atom. The second kappa shape index (κ2) is 5.80. The number of aryl methyl sites for hydroxylation is 1. The van der Waals surface area contributed by atoms with E-state index in [0.29, 0.717) is 11.6 Å². The van der Waals surface area contributed by atoms with Crippen LogP contribution in [0.4, 0.5) is 0 Å². The standard InChI is InChI=1S/C15H14N4O3/c1-22-11-4-2-10(3-5-11)12-8-9-16-15-17-13(18-19(12)15)6-7-14(20)21/h2-5,8-9H,6-7H2,1H3,(H,20,21). The highest BCUT2D eigenvalue weighted by Crippen LogP contribution is 2.22. The quantitative estimate of drug-likeness (QED) is 0.772. The molecule has 0 radical (unpaired) electrons. The van der Waals surface area contributed by atoms with E-state index < -0.39 is 5.97 Å². The number of fused-ring (bicyclic) bond motifs is 1. The minimum atomic E-state index is -0.873. The monoisotopic (exact) mass is 298 g/mol. The molecular formula is C15H14N4O3. The molecule has 2 heterocycles. The van der Waals surface area contributed by atoms with Gasteiger partial charge >= 0.3 is 5.97 Å². The molecule has 0 aliphatic heterocycles. The lowest BCUT2D eigenvalue weighted by Gasteiger charge is -2.05. The number of hydrogen-bond donors (Lipinski definition) is 1. The number of carboxylic acid groups (broad SMARTS) is 1. The van der Waals surface area contributed by atoms with E-state index >= 15 is 0 Å². The number of carboxylic acids is 1. The molecule has 0 saturated heterocycles. The van der Waals surface area contributed by atoms with Crippen molar-refractivity contribution in [2.24, 2.45) is 0 Å². The minimum absolute atomic E-state index is 0.00521. The van der Waals surface area contributed by atoms with Crippen LogP contribution < -0.4 is 4.74 Å². The van der Waals surface area contributed by atoms with Gasteiger partial charge in [-0.1, -0.05) is 0 Å². The van der Waals surface area contributed by atoms with Gasteiger partial charge in [0.25, 0.3) is 5.78 Å². The van der Waals surface area contributed by atoms with Crippen molar-refractivity contribution in [2.45, 2.75) is 12.8 Å². The molecule has 7 nitrogen and oxygen atoms in total. The first kappa shape index (κ1) is 14.0. The highest BCUT2D eigenvalue weighted by Gasteiger charge is 2.11. The van der Waals surface area contributed by atoms with Gasteiger partial charge in [0.15, 0.2) is 5.82 Å². The lowest BCUT2D eigenvalue weighted by Crippen LogP contribution is -1.99. The lowest BCUT2D eigenvalue weighted by atomic mass is 10.1. The summed E-state index contributed by atoms with van der Waals surface area (Å²) in [6.45, 7) is 0. The van der Waals surface area contributed by atoms with Crippen LogP contribution in [0, 0.1) is 0 Å². The van der Waals surface area contributed by atoms with Crippen molar-refractivity contribution in [1.29, 1.82) is 0 Å². The summed E-state index contributed by atoms with van der Waals surface area (Å²) < 4.78 is 6.77. The Hall–Kier alpha value is -2.96. The van der Waals surface area contributed by atoms with Crippen molar-refractivity contribution in [3.05, 3.63) is 42.4 Å². The maximum absolute atomic E-state index is 10.6. The van der Waals surface area contributed by atoms with Gasteiger partial charge in [-0.05, 0) is 30.3 Å². The molecule has 0 unspecified atom stereocenters. The van der Waals surface area contributed by atoms with Gasteiger partial charge in [-0.2, -0.15) is 9.50 Å². The third-order valence-electron chi connectivity index (χ3n) is 3.23. The summed E-state index contributed by atoms with van der Waals surface area (Å²) in [6, 6.07) is 9.41. The van der Waals surface area contributed by atoms with Crippen molar-refractivity contribution in [3.63, 3.8) is 0 Å². The van der Waals surface area contributed by atoms with E-state index in [0.717, 1.165) is 17.0 Å². The molecule has 3 rings (SSSR count). The lowest BCUT2D eigenvalue weighted by molar-refractivity contribution is -0.137. The fraction of sp³-hybridized carbons (Fsp3) is 0.200. The predicted molar refractivity (Wildman–Crippen MR) is 78.7 cm³/mol. The Morgan fingerprint density at radius 1 is 1.27 bits per heavy atom. The van der Waals surface area contributed by atoms with Gasteiger partial charge in [0.2, 0.25) is 0 Å². The third kappa shape index (κ3) is 2.73. The van der Waals surface area contributed by atoms with Gasteiger partial charge in [-0.15, -0.1) is 5.10 Å². The van der Waals surface area contributed by atoms with Crippen molar-refractivity contribution >= 4 is 11.7 Å². The minimum Gasteiger partial charge on any atom is -0.497 e. The molecule has 3 aromatic rings. The van der Waals surface area contributed by atoms with E-state index in [2.05, 4.69) is 15.1 Å². The summed E-state index contributed by atoms with van der Waals surface area (Å²) in [7, 11) is 1.62. The smallest absolute Gasteiger partial charge is 0.303 e. The van der Waals surface area contributed by atoms with Crippen LogP contribution in [0.5, 0.6) is 5.75 Å². The molecular weight excluding hydrogens is 284 g/mol. The largest absolute Gasteiger partial charge is 0.497 e. The Morgan fingerprint density at radius 2 is 2.05 bits per heavy atom. The number of aromatic nitrogens is 4. The molecule has 0 bridgehead atoms. The van der Waals surface area contributed by atoms with E-state index in [4.69, 9.17) is 9.84 Å². The van der Waals surface area contributed by atoms with Crippen LogP contribution in [0.1, 0.15) is 12.2 Å². The molecule has 0 atom stereocenters. The van der Waals surface area contributed by atoms with E-state index in [1.54, 1.807) is 17.8 Å². The average Bonchev–Trinajstić information content (AvgIpc) is 2.96. The second-order valence-corrected chi connectivity index (χ2v) is 4.69. The zero-order valence-electron chi connectivity index (χ0n) is 11.9. The predicted octanol–water partition coefficient (Wildman–Crippen LogP) is 1.82. The third-order valence-corrected chi connectivity index (χ3v) is 3.23. The first-order valence-corrected chi connectivity index (χ1v) is 6.74. The van der Waals surface area contributed by atoms with Crippen molar-refractivity contribution in [1.82, 2.24) is 19.6 Å². The summed E-state index contributed by atoms with van der Waals surface area (Å²) in [5.41, 5.74) is 1.78. The maximum atomic E-state index is 10.6. The van der Waals surface area contributed by atoms with Crippen LogP contribution in [-0.4, -0.2) is 37.8 Å². The Labute approximate surface area is 126 Å². The number of carbonyl (C=O) groups is 1. The van der Waals surface area contributed by atoms with Crippen LogP contribution in [0.25, 0.3) is 17.0 Å². The van der Waals surface area contributed by atoms with Crippen LogP contribution in [-0.2, 0) is 11.2 Å². The van der Waals surface area contributed by atoms with E-state index in [9.17, 15) is 4.79 Å². The highest BCUT2D eigenvalue weighted by molar-refractivity contribution is 5.67. The van der Waals surface area contributed by atoms with Gasteiger partial charge in [0.05, 0.1) is 19.2 Å². The Bertz CT molecular complexity index is 811. The number of methoxy groups -OCH3 is 1. The SMILES string of the molecule is COc1ccc(-c2ccnc3nc(CCC(=O)O)nn23)cc1. The van der Waals surface area contributed by atoms with Gasteiger partial charge in [0.1, 0.15) is 5.75 Å². The number of ether oxygens (including phenoxy) is 1. The number of aliphatic carboxylic acids is 1. The van der Waals surface area contributed by atoms with Gasteiger partial charge in [-0.3, -0.25) is 4.79 Å². The maximum Gasteiger partial charge on any atom is 0.303 e. The normalized spacial score (nSPS) is 10.8. The summed E-state index contributed by atoms with van der Waals surface area (Å²) in [5, 5.41) is 13.1. The topological polar surface area (TPSA) is 89.6 Å². The zero-order chi connectivity index (χ0) is 15.5. The fourth-order valence-electron chi connectivity index (χ4n) is 2.14.